The van der Waals surface area contributed by atoms with Gasteiger partial charge in [-0.3, -0.25) is 25.2 Å². The fourth-order valence-corrected chi connectivity index (χ4v) is 5.99. The van der Waals surface area contributed by atoms with E-state index in [9.17, 15) is 14.4 Å². The summed E-state index contributed by atoms with van der Waals surface area (Å²) in [5.74, 6) is -0.116. The minimum Gasteiger partial charge on any atom is -0.465 e. The Labute approximate surface area is 230 Å². The van der Waals surface area contributed by atoms with Crippen molar-refractivity contribution in [3.05, 3.63) is 35.5 Å². The third kappa shape index (κ3) is 6.61. The van der Waals surface area contributed by atoms with E-state index in [1.54, 1.807) is 13.8 Å². The van der Waals surface area contributed by atoms with E-state index in [2.05, 4.69) is 22.9 Å². The van der Waals surface area contributed by atoms with Gasteiger partial charge in [0.05, 0.1) is 25.8 Å². The standard InChI is InChI=1S/C29H41N5O5/c1-4-33-23(17-20-11-12-21(18-25(20)33)27(30)31-29(37)39-6-3)14-13-22-9-7-16-34(22)28(36)24-10-8-15-32(24)19-26(35)38-5-2/h11-12,17-18,22,24H,4-10,13-16,19H2,1-3H3,(H2,30,31,37)/t22-,24+/m0/s1. The predicted octanol–water partition coefficient (Wildman–Crippen LogP) is 3.68. The van der Waals surface area contributed by atoms with Gasteiger partial charge < -0.3 is 18.9 Å². The molecule has 2 fully saturated rings. The van der Waals surface area contributed by atoms with Crippen molar-refractivity contribution in [3.8, 4) is 0 Å². The zero-order chi connectivity index (χ0) is 27.9. The average Bonchev–Trinajstić information content (AvgIpc) is 3.65. The molecule has 0 unspecified atom stereocenters. The number of carbonyl (C=O) groups is 3. The molecule has 0 saturated carbocycles. The molecule has 10 heteroatoms. The molecule has 0 aliphatic carbocycles. The highest BCUT2D eigenvalue weighted by molar-refractivity contribution is 6.06. The molecule has 2 aromatic rings. The van der Waals surface area contributed by atoms with Gasteiger partial charge in [0.1, 0.15) is 5.84 Å². The lowest BCUT2D eigenvalue weighted by atomic mass is 10.1. The van der Waals surface area contributed by atoms with Crippen LogP contribution in [0.15, 0.2) is 24.3 Å². The van der Waals surface area contributed by atoms with Gasteiger partial charge in [0.15, 0.2) is 0 Å². The van der Waals surface area contributed by atoms with Crippen LogP contribution in [-0.2, 0) is 32.0 Å². The minimum absolute atomic E-state index is 0.00442. The SMILES string of the molecule is CCOC(=O)CN1CCC[C@@H]1C(=O)N1CCC[C@H]1CCc1cc2ccc(C(=N)NC(=O)OCC)cc2n1CC. The van der Waals surface area contributed by atoms with Crippen molar-refractivity contribution in [2.24, 2.45) is 0 Å². The molecule has 4 rings (SSSR count). The van der Waals surface area contributed by atoms with Crippen LogP contribution in [0.1, 0.15) is 64.1 Å². The zero-order valence-electron chi connectivity index (χ0n) is 23.3. The number of fused-ring (bicyclic) bond motifs is 1. The molecule has 1 aromatic carbocycles. The van der Waals surface area contributed by atoms with Crippen LogP contribution in [0, 0.1) is 5.41 Å². The Bertz CT molecular complexity index is 1210. The molecule has 2 aliphatic rings. The van der Waals surface area contributed by atoms with Crippen LogP contribution in [0.5, 0.6) is 0 Å². The number of rotatable bonds is 10. The van der Waals surface area contributed by atoms with Gasteiger partial charge in [-0.25, -0.2) is 4.79 Å². The number of amides is 2. The Morgan fingerprint density at radius 3 is 2.54 bits per heavy atom. The average molecular weight is 540 g/mol. The van der Waals surface area contributed by atoms with Crippen LogP contribution in [0.3, 0.4) is 0 Å². The summed E-state index contributed by atoms with van der Waals surface area (Å²) >= 11 is 0. The van der Waals surface area contributed by atoms with E-state index in [-0.39, 0.29) is 42.9 Å². The number of nitrogens with zero attached hydrogens (tertiary/aromatic N) is 3. The number of aryl methyl sites for hydroxylation is 2. The van der Waals surface area contributed by atoms with E-state index in [0.29, 0.717) is 12.2 Å². The van der Waals surface area contributed by atoms with Crippen LogP contribution in [0.2, 0.25) is 0 Å². The smallest absolute Gasteiger partial charge is 0.412 e. The Hall–Kier alpha value is -3.40. The molecule has 212 valence electrons. The predicted molar refractivity (Wildman–Crippen MR) is 149 cm³/mol. The second-order valence-corrected chi connectivity index (χ2v) is 10.2. The number of aromatic nitrogens is 1. The van der Waals surface area contributed by atoms with Crippen LogP contribution < -0.4 is 5.32 Å². The van der Waals surface area contributed by atoms with Crippen LogP contribution in [0.25, 0.3) is 10.9 Å². The lowest BCUT2D eigenvalue weighted by Crippen LogP contribution is -2.48. The first-order valence-corrected chi connectivity index (χ1v) is 14.2. The number of benzene rings is 1. The second-order valence-electron chi connectivity index (χ2n) is 10.2. The van der Waals surface area contributed by atoms with Crippen LogP contribution in [-0.4, -0.2) is 83.1 Å². The molecule has 10 nitrogen and oxygen atoms in total. The minimum atomic E-state index is -0.633. The molecule has 0 radical (unpaired) electrons. The van der Waals surface area contributed by atoms with Gasteiger partial charge in [0.2, 0.25) is 5.91 Å². The molecule has 2 atom stereocenters. The first kappa shape index (κ1) is 28.6. The highest BCUT2D eigenvalue weighted by Gasteiger charge is 2.38. The highest BCUT2D eigenvalue weighted by atomic mass is 16.5. The monoisotopic (exact) mass is 539 g/mol. The van der Waals surface area contributed by atoms with Crippen molar-refractivity contribution in [1.82, 2.24) is 19.7 Å². The van der Waals surface area contributed by atoms with Gasteiger partial charge in [-0.2, -0.15) is 0 Å². The van der Waals surface area contributed by atoms with E-state index >= 15 is 0 Å². The summed E-state index contributed by atoms with van der Waals surface area (Å²) in [5, 5.41) is 11.8. The quantitative estimate of drug-likeness (QED) is 0.270. The Balaban J connectivity index is 1.43. The molecule has 2 N–H and O–H groups in total. The Morgan fingerprint density at radius 2 is 1.79 bits per heavy atom. The van der Waals surface area contributed by atoms with Crippen molar-refractivity contribution >= 4 is 34.7 Å². The molecule has 2 saturated heterocycles. The first-order chi connectivity index (χ1) is 18.9. The number of hydrogen-bond donors (Lipinski definition) is 2. The number of hydrogen-bond acceptors (Lipinski definition) is 7. The number of likely N-dealkylation sites (tertiary alicyclic amines) is 2. The summed E-state index contributed by atoms with van der Waals surface area (Å²) in [5.41, 5.74) is 2.82. The zero-order valence-corrected chi connectivity index (χ0v) is 23.3. The normalized spacial score (nSPS) is 19.4. The van der Waals surface area contributed by atoms with Gasteiger partial charge in [-0.15, -0.1) is 0 Å². The molecule has 2 aliphatic heterocycles. The summed E-state index contributed by atoms with van der Waals surface area (Å²) in [6.07, 6.45) is 4.77. The molecule has 0 bridgehead atoms. The maximum absolute atomic E-state index is 13.6. The molecule has 39 heavy (non-hydrogen) atoms. The van der Waals surface area contributed by atoms with Crippen molar-refractivity contribution in [1.29, 1.82) is 5.41 Å². The number of esters is 1. The Morgan fingerprint density at radius 1 is 1.03 bits per heavy atom. The third-order valence-electron chi connectivity index (χ3n) is 7.78. The van der Waals surface area contributed by atoms with Crippen molar-refractivity contribution in [2.75, 3.05) is 32.8 Å². The van der Waals surface area contributed by atoms with E-state index in [1.165, 1.54) is 5.69 Å². The van der Waals surface area contributed by atoms with Gasteiger partial charge >= 0.3 is 12.1 Å². The van der Waals surface area contributed by atoms with E-state index in [1.807, 2.05) is 28.0 Å². The number of nitrogens with one attached hydrogen (secondary N) is 2. The number of ether oxygens (including phenoxy) is 2. The fourth-order valence-electron chi connectivity index (χ4n) is 5.99. The molecule has 3 heterocycles. The lowest BCUT2D eigenvalue weighted by molar-refractivity contribution is -0.146. The van der Waals surface area contributed by atoms with E-state index in [0.717, 1.165) is 69.1 Å². The highest BCUT2D eigenvalue weighted by Crippen LogP contribution is 2.29. The van der Waals surface area contributed by atoms with Gasteiger partial charge in [0.25, 0.3) is 0 Å². The first-order valence-electron chi connectivity index (χ1n) is 14.2. The summed E-state index contributed by atoms with van der Waals surface area (Å²) < 4.78 is 12.3. The van der Waals surface area contributed by atoms with Crippen LogP contribution in [0.4, 0.5) is 4.79 Å². The van der Waals surface area contributed by atoms with Crippen molar-refractivity contribution < 1.29 is 23.9 Å². The van der Waals surface area contributed by atoms with E-state index in [4.69, 9.17) is 14.9 Å². The second kappa shape index (κ2) is 13.1. The maximum Gasteiger partial charge on any atom is 0.412 e. The molecular formula is C29H41N5O5. The molecule has 1 aromatic heterocycles. The van der Waals surface area contributed by atoms with Gasteiger partial charge in [0, 0.05) is 35.9 Å². The summed E-state index contributed by atoms with van der Waals surface area (Å²) in [4.78, 5) is 41.4. The maximum atomic E-state index is 13.6. The summed E-state index contributed by atoms with van der Waals surface area (Å²) in [6, 6.07) is 7.87. The number of carbonyl (C=O) groups excluding carboxylic acids is 3. The van der Waals surface area contributed by atoms with Gasteiger partial charge in [-0.1, -0.05) is 12.1 Å². The topological polar surface area (TPSA) is 117 Å². The molecule has 0 spiro atoms. The van der Waals surface area contributed by atoms with Gasteiger partial charge in [-0.05, 0) is 83.4 Å². The third-order valence-corrected chi connectivity index (χ3v) is 7.78. The molecule has 2 amide bonds. The summed E-state index contributed by atoms with van der Waals surface area (Å²) in [6.45, 7) is 8.68. The largest absolute Gasteiger partial charge is 0.465 e. The Kier molecular flexibility index (Phi) is 9.61. The number of alkyl carbamates (subject to hydrolysis) is 1. The van der Waals surface area contributed by atoms with Crippen molar-refractivity contribution in [2.45, 2.75) is 77.9 Å². The van der Waals surface area contributed by atoms with Crippen molar-refractivity contribution in [3.63, 3.8) is 0 Å². The molecular weight excluding hydrogens is 498 g/mol. The fraction of sp³-hybridized carbons (Fsp3) is 0.586. The summed E-state index contributed by atoms with van der Waals surface area (Å²) in [7, 11) is 0. The van der Waals surface area contributed by atoms with E-state index < -0.39 is 6.09 Å². The lowest BCUT2D eigenvalue weighted by Gasteiger charge is -2.31. The van der Waals surface area contributed by atoms with Crippen LogP contribution >= 0.6 is 0 Å². The number of amidine groups is 1.